The lowest BCUT2D eigenvalue weighted by molar-refractivity contribution is -0.136. The first-order valence-corrected chi connectivity index (χ1v) is 7.56. The molecule has 1 aromatic rings. The zero-order valence-electron chi connectivity index (χ0n) is 10.7. The largest absolute Gasteiger partial charge is 0.466 e. The van der Waals surface area contributed by atoms with Gasteiger partial charge in [-0.3, -0.25) is 0 Å². The number of halogens is 1. The fourth-order valence-electron chi connectivity index (χ4n) is 1.91. The van der Waals surface area contributed by atoms with E-state index in [1.165, 1.54) is 7.11 Å². The van der Waals surface area contributed by atoms with E-state index < -0.39 is 0 Å². The molecule has 0 spiro atoms. The molecule has 0 bridgehead atoms. The fourth-order valence-corrected chi connectivity index (χ4v) is 3.65. The van der Waals surface area contributed by atoms with Crippen LogP contribution in [0.4, 0.5) is 0 Å². The van der Waals surface area contributed by atoms with E-state index in [1.54, 1.807) is 16.2 Å². The number of carbonyl (C=O) groups excluding carboxylic acids is 1. The Morgan fingerprint density at radius 2 is 2.26 bits per heavy atom. The van der Waals surface area contributed by atoms with E-state index >= 15 is 0 Å². The van der Waals surface area contributed by atoms with E-state index in [-0.39, 0.29) is 12.0 Å². The van der Waals surface area contributed by atoms with Gasteiger partial charge in [0.1, 0.15) is 0 Å². The normalized spacial score (nSPS) is 19.5. The van der Waals surface area contributed by atoms with Crippen molar-refractivity contribution in [1.29, 1.82) is 0 Å². The molecule has 1 atom stereocenters. The van der Waals surface area contributed by atoms with Gasteiger partial charge >= 0.3 is 5.97 Å². The first-order valence-electron chi connectivity index (χ1n) is 5.54. The van der Waals surface area contributed by atoms with Gasteiger partial charge in [0.15, 0.2) is 5.11 Å². The van der Waals surface area contributed by atoms with Crippen molar-refractivity contribution < 1.29 is 9.53 Å². The molecule has 19 heavy (non-hydrogen) atoms. The van der Waals surface area contributed by atoms with Crippen LogP contribution in [0.15, 0.2) is 27.2 Å². The Hall–Kier alpha value is -0.920. The monoisotopic (exact) mass is 360 g/mol. The van der Waals surface area contributed by atoms with Crippen LogP contribution < -0.4 is 5.32 Å². The zero-order chi connectivity index (χ0) is 14.2. The Morgan fingerprint density at radius 3 is 2.79 bits per heavy atom. The van der Waals surface area contributed by atoms with E-state index in [2.05, 4.69) is 21.2 Å². The van der Waals surface area contributed by atoms with Crippen molar-refractivity contribution in [1.82, 2.24) is 10.2 Å². The molecule has 2 heterocycles. The summed E-state index contributed by atoms with van der Waals surface area (Å²) < 4.78 is 5.90. The second-order valence-corrected chi connectivity index (χ2v) is 6.96. The molecule has 0 aliphatic carbocycles. The van der Waals surface area contributed by atoms with E-state index in [9.17, 15) is 4.79 Å². The van der Waals surface area contributed by atoms with Gasteiger partial charge in [0.05, 0.1) is 22.5 Å². The van der Waals surface area contributed by atoms with Crippen molar-refractivity contribution in [2.24, 2.45) is 0 Å². The molecule has 1 N–H and O–H groups in total. The number of nitrogens with zero attached hydrogens (tertiary/aromatic N) is 1. The van der Waals surface area contributed by atoms with Gasteiger partial charge in [-0.05, 0) is 47.2 Å². The molecule has 1 aromatic heterocycles. The maximum atomic E-state index is 12.0. The van der Waals surface area contributed by atoms with Crippen LogP contribution in [0.5, 0.6) is 0 Å². The van der Waals surface area contributed by atoms with Gasteiger partial charge in [0.2, 0.25) is 0 Å². The summed E-state index contributed by atoms with van der Waals surface area (Å²) in [4.78, 5) is 14.8. The highest BCUT2D eigenvalue weighted by atomic mass is 79.9. The lowest BCUT2D eigenvalue weighted by Crippen LogP contribution is -2.45. The summed E-state index contributed by atoms with van der Waals surface area (Å²) in [5.74, 6) is -0.339. The number of hydrogen-bond acceptors (Lipinski definition) is 4. The van der Waals surface area contributed by atoms with Crippen molar-refractivity contribution in [3.63, 3.8) is 0 Å². The third-order valence-corrected chi connectivity index (χ3v) is 5.12. The highest BCUT2D eigenvalue weighted by Gasteiger charge is 2.33. The quantitative estimate of drug-likeness (QED) is 0.648. The molecule has 1 aliphatic heterocycles. The fraction of sp³-hybridized carbons (Fsp3) is 0.333. The second kappa shape index (κ2) is 5.60. The summed E-state index contributed by atoms with van der Waals surface area (Å²) in [5, 5.41) is 3.78. The Balaban J connectivity index is 2.51. The molecule has 0 amide bonds. The zero-order valence-corrected chi connectivity index (χ0v) is 13.9. The van der Waals surface area contributed by atoms with Gasteiger partial charge in [-0.25, -0.2) is 4.79 Å². The summed E-state index contributed by atoms with van der Waals surface area (Å²) in [5.41, 5.74) is 1.40. The van der Waals surface area contributed by atoms with Crippen LogP contribution in [-0.2, 0) is 9.53 Å². The summed E-state index contributed by atoms with van der Waals surface area (Å²) in [6, 6.07) is 3.66. The number of allylic oxidation sites excluding steroid dienone is 1. The van der Waals surface area contributed by atoms with Crippen LogP contribution in [0.2, 0.25) is 0 Å². The molecule has 0 unspecified atom stereocenters. The summed E-state index contributed by atoms with van der Waals surface area (Å²) in [6.45, 7) is 1.87. The lowest BCUT2D eigenvalue weighted by Gasteiger charge is -2.34. The molecule has 0 radical (unpaired) electrons. The third-order valence-electron chi connectivity index (χ3n) is 3.04. The van der Waals surface area contributed by atoms with Gasteiger partial charge in [-0.15, -0.1) is 11.3 Å². The van der Waals surface area contributed by atoms with Crippen LogP contribution in [0, 0.1) is 0 Å². The highest BCUT2D eigenvalue weighted by Crippen LogP contribution is 2.35. The summed E-state index contributed by atoms with van der Waals surface area (Å²) in [6.07, 6.45) is 0. The van der Waals surface area contributed by atoms with Crippen molar-refractivity contribution in [3.8, 4) is 0 Å². The maximum absolute atomic E-state index is 12.0. The van der Waals surface area contributed by atoms with Crippen LogP contribution in [0.3, 0.4) is 0 Å². The van der Waals surface area contributed by atoms with Crippen LogP contribution in [0.25, 0.3) is 0 Å². The highest BCUT2D eigenvalue weighted by molar-refractivity contribution is 9.11. The third kappa shape index (κ3) is 2.68. The van der Waals surface area contributed by atoms with E-state index in [1.807, 2.05) is 26.1 Å². The molecule has 0 aromatic carbocycles. The van der Waals surface area contributed by atoms with Crippen LogP contribution >= 0.6 is 39.5 Å². The Kier molecular flexibility index (Phi) is 4.27. The van der Waals surface area contributed by atoms with Crippen LogP contribution in [0.1, 0.15) is 17.8 Å². The molecule has 7 heteroatoms. The van der Waals surface area contributed by atoms with Crippen molar-refractivity contribution in [2.45, 2.75) is 13.0 Å². The van der Waals surface area contributed by atoms with Crippen molar-refractivity contribution >= 4 is 50.6 Å². The molecule has 4 nitrogen and oxygen atoms in total. The molecule has 1 aliphatic rings. The van der Waals surface area contributed by atoms with Gasteiger partial charge in [-0.2, -0.15) is 0 Å². The number of hydrogen-bond donors (Lipinski definition) is 1. The number of esters is 1. The Labute approximate surface area is 129 Å². The molecular formula is C12H13BrN2O2S2. The average Bonchev–Trinajstić information content (AvgIpc) is 2.81. The number of nitrogens with one attached hydrogen (secondary N) is 1. The number of thiocarbonyl (C=S) groups is 1. The van der Waals surface area contributed by atoms with Gasteiger partial charge in [-0.1, -0.05) is 0 Å². The Morgan fingerprint density at radius 1 is 1.58 bits per heavy atom. The van der Waals surface area contributed by atoms with Gasteiger partial charge in [0, 0.05) is 17.6 Å². The van der Waals surface area contributed by atoms with E-state index in [0.29, 0.717) is 10.7 Å². The first kappa shape index (κ1) is 14.5. The van der Waals surface area contributed by atoms with E-state index in [0.717, 1.165) is 14.4 Å². The molecule has 2 rings (SSSR count). The number of rotatable bonds is 2. The molecule has 0 saturated carbocycles. The minimum Gasteiger partial charge on any atom is -0.466 e. The van der Waals surface area contributed by atoms with Gasteiger partial charge in [0.25, 0.3) is 0 Å². The van der Waals surface area contributed by atoms with Gasteiger partial charge < -0.3 is 15.0 Å². The lowest BCUT2D eigenvalue weighted by atomic mass is 10.0. The summed E-state index contributed by atoms with van der Waals surface area (Å²) >= 11 is 10.3. The minimum absolute atomic E-state index is 0.257. The van der Waals surface area contributed by atoms with Crippen molar-refractivity contribution in [3.05, 3.63) is 32.1 Å². The maximum Gasteiger partial charge on any atom is 0.338 e. The second-order valence-electron chi connectivity index (χ2n) is 4.07. The SMILES string of the molecule is COC(=O)C1=C(C)N(C)C(=S)N[C@@H]1c1ccc(Br)s1. The first-order chi connectivity index (χ1) is 8.95. The number of ether oxygens (including phenoxy) is 1. The molecule has 102 valence electrons. The predicted octanol–water partition coefficient (Wildman–Crippen LogP) is 2.82. The smallest absolute Gasteiger partial charge is 0.338 e. The Bertz CT molecular complexity index is 568. The predicted molar refractivity (Wildman–Crippen MR) is 83.0 cm³/mol. The molecular weight excluding hydrogens is 348 g/mol. The van der Waals surface area contributed by atoms with E-state index in [4.69, 9.17) is 17.0 Å². The number of thiophene rings is 1. The molecule has 0 fully saturated rings. The number of carbonyl (C=O) groups is 1. The number of methoxy groups -OCH3 is 1. The summed E-state index contributed by atoms with van der Waals surface area (Å²) in [7, 11) is 3.21. The molecule has 0 saturated heterocycles. The van der Waals surface area contributed by atoms with Crippen LogP contribution in [-0.4, -0.2) is 30.1 Å². The minimum atomic E-state index is -0.339. The average molecular weight is 361 g/mol. The van der Waals surface area contributed by atoms with Crippen molar-refractivity contribution in [2.75, 3.05) is 14.2 Å². The standard InChI is InChI=1S/C12H13BrN2O2S2/c1-6-9(11(16)17-3)10(14-12(18)15(6)2)7-4-5-8(13)19-7/h4-5,10H,1-3H3,(H,14,18)/t10-/m1/s1. The topological polar surface area (TPSA) is 41.6 Å².